The van der Waals surface area contributed by atoms with Crippen molar-refractivity contribution >= 4 is 23.4 Å². The van der Waals surface area contributed by atoms with E-state index in [-0.39, 0.29) is 31.0 Å². The molecule has 2 aliphatic rings. The second-order valence-electron chi connectivity index (χ2n) is 6.64. The first-order valence-electron chi connectivity index (χ1n) is 8.85. The van der Waals surface area contributed by atoms with E-state index < -0.39 is 12.1 Å². The number of hydrogen-bond acceptors (Lipinski definition) is 5. The van der Waals surface area contributed by atoms with Crippen LogP contribution in [-0.2, 0) is 20.9 Å². The lowest BCUT2D eigenvalue weighted by atomic mass is 9.98. The van der Waals surface area contributed by atoms with Crippen molar-refractivity contribution < 1.29 is 14.3 Å². The van der Waals surface area contributed by atoms with Gasteiger partial charge in [0, 0.05) is 24.6 Å². The van der Waals surface area contributed by atoms with Crippen LogP contribution in [0, 0.1) is 0 Å². The zero-order valence-electron chi connectivity index (χ0n) is 14.5. The van der Waals surface area contributed by atoms with Crippen LogP contribution in [-0.4, -0.2) is 45.4 Å². The number of nitrogens with one attached hydrogen (secondary N) is 1. The van der Waals surface area contributed by atoms with E-state index in [0.717, 1.165) is 18.4 Å². The van der Waals surface area contributed by atoms with Gasteiger partial charge in [0.25, 0.3) is 5.91 Å². The Morgan fingerprint density at radius 1 is 1.30 bits per heavy atom. The molecule has 1 saturated heterocycles. The third-order valence-corrected chi connectivity index (χ3v) is 5.09. The highest BCUT2D eigenvalue weighted by Gasteiger charge is 2.47. The third-order valence-electron chi connectivity index (χ3n) is 4.75. The van der Waals surface area contributed by atoms with E-state index in [4.69, 9.17) is 16.3 Å². The maximum absolute atomic E-state index is 12.9. The van der Waals surface area contributed by atoms with Gasteiger partial charge in [-0.3, -0.25) is 19.6 Å². The van der Waals surface area contributed by atoms with Crippen molar-refractivity contribution in [2.75, 3.05) is 6.61 Å². The van der Waals surface area contributed by atoms with Crippen molar-refractivity contribution in [2.45, 2.75) is 37.6 Å². The molecular weight excluding hydrogens is 368 g/mol. The summed E-state index contributed by atoms with van der Waals surface area (Å²) in [4.78, 5) is 35.5. The Morgan fingerprint density at radius 3 is 2.81 bits per heavy atom. The third kappa shape index (κ3) is 3.79. The molecule has 140 valence electrons. The van der Waals surface area contributed by atoms with Crippen LogP contribution in [0.25, 0.3) is 0 Å². The van der Waals surface area contributed by atoms with Gasteiger partial charge in [0.2, 0.25) is 5.91 Å². The molecule has 2 amide bonds. The number of amides is 2. The molecule has 0 aromatic carbocycles. The largest absolute Gasteiger partial charge is 0.356 e. The number of hydrogen-bond donors (Lipinski definition) is 1. The molecule has 0 unspecified atom stereocenters. The first-order chi connectivity index (χ1) is 13.1. The lowest BCUT2D eigenvalue weighted by Crippen LogP contribution is -2.55. The molecule has 1 saturated carbocycles. The Bertz CT molecular complexity index is 844. The number of halogens is 1. The summed E-state index contributed by atoms with van der Waals surface area (Å²) in [6.45, 7) is 0.0885. The van der Waals surface area contributed by atoms with E-state index in [1.807, 2.05) is 6.07 Å². The van der Waals surface area contributed by atoms with Gasteiger partial charge in [-0.05, 0) is 36.6 Å². The van der Waals surface area contributed by atoms with Gasteiger partial charge in [0.15, 0.2) is 6.10 Å². The van der Waals surface area contributed by atoms with Gasteiger partial charge in [-0.1, -0.05) is 17.7 Å². The maximum atomic E-state index is 12.9. The molecule has 1 aliphatic carbocycles. The monoisotopic (exact) mass is 386 g/mol. The molecular formula is C19H19ClN4O3. The highest BCUT2D eigenvalue weighted by Crippen LogP contribution is 2.39. The fourth-order valence-electron chi connectivity index (χ4n) is 3.34. The quantitative estimate of drug-likeness (QED) is 0.848. The van der Waals surface area contributed by atoms with Crippen LogP contribution in [0.3, 0.4) is 0 Å². The Balaban J connectivity index is 1.56. The molecule has 27 heavy (non-hydrogen) atoms. The fourth-order valence-corrected chi connectivity index (χ4v) is 3.52. The second-order valence-corrected chi connectivity index (χ2v) is 7.05. The van der Waals surface area contributed by atoms with E-state index >= 15 is 0 Å². The van der Waals surface area contributed by atoms with Crippen molar-refractivity contribution in [3.8, 4) is 0 Å². The van der Waals surface area contributed by atoms with Crippen molar-refractivity contribution in [1.29, 1.82) is 0 Å². The standard InChI is InChI=1S/C19H19ClN4O3/c20-14-4-2-8-22-15(14)10-23-19(26)18-17(12-3-1-7-21-9-12)24(13-5-6-13)16(25)11-27-18/h1-4,7-9,13,17-18H,5-6,10-11H2,(H,23,26)/t17-,18+/m1/s1. The van der Waals surface area contributed by atoms with Crippen molar-refractivity contribution in [3.05, 3.63) is 59.1 Å². The van der Waals surface area contributed by atoms with Gasteiger partial charge in [-0.15, -0.1) is 0 Å². The Hall–Kier alpha value is -2.51. The number of pyridine rings is 2. The zero-order chi connectivity index (χ0) is 18.8. The second kappa shape index (κ2) is 7.62. The number of aromatic nitrogens is 2. The topological polar surface area (TPSA) is 84.4 Å². The number of carbonyl (C=O) groups excluding carboxylic acids is 2. The molecule has 7 nitrogen and oxygen atoms in total. The van der Waals surface area contributed by atoms with E-state index in [1.165, 1.54) is 0 Å². The van der Waals surface area contributed by atoms with E-state index in [0.29, 0.717) is 10.7 Å². The van der Waals surface area contributed by atoms with Gasteiger partial charge >= 0.3 is 0 Å². The van der Waals surface area contributed by atoms with Crippen LogP contribution in [0.1, 0.15) is 30.1 Å². The first kappa shape index (κ1) is 17.9. The average Bonchev–Trinajstić information content (AvgIpc) is 3.52. The summed E-state index contributed by atoms with van der Waals surface area (Å²) in [6, 6.07) is 6.78. The highest BCUT2D eigenvalue weighted by molar-refractivity contribution is 6.31. The van der Waals surface area contributed by atoms with Gasteiger partial charge in [-0.2, -0.15) is 0 Å². The van der Waals surface area contributed by atoms with Crippen LogP contribution in [0.4, 0.5) is 0 Å². The summed E-state index contributed by atoms with van der Waals surface area (Å²) in [6.07, 6.45) is 6.04. The number of carbonyl (C=O) groups is 2. The highest BCUT2D eigenvalue weighted by atomic mass is 35.5. The molecule has 1 aliphatic heterocycles. The predicted octanol–water partition coefficient (Wildman–Crippen LogP) is 1.88. The van der Waals surface area contributed by atoms with Crippen LogP contribution in [0.2, 0.25) is 5.02 Å². The Labute approximate surface area is 161 Å². The normalized spacial score (nSPS) is 22.6. The van der Waals surface area contributed by atoms with Crippen LogP contribution in [0.15, 0.2) is 42.9 Å². The number of ether oxygens (including phenoxy) is 1. The van der Waals surface area contributed by atoms with E-state index in [1.54, 1.807) is 41.7 Å². The molecule has 2 aromatic rings. The van der Waals surface area contributed by atoms with Crippen molar-refractivity contribution in [1.82, 2.24) is 20.2 Å². The van der Waals surface area contributed by atoms with E-state index in [2.05, 4.69) is 15.3 Å². The molecule has 3 heterocycles. The lowest BCUT2D eigenvalue weighted by Gasteiger charge is -2.40. The number of nitrogens with zero attached hydrogens (tertiary/aromatic N) is 3. The van der Waals surface area contributed by atoms with Crippen LogP contribution in [0.5, 0.6) is 0 Å². The van der Waals surface area contributed by atoms with Gasteiger partial charge in [0.1, 0.15) is 6.61 Å². The Morgan fingerprint density at radius 2 is 2.11 bits per heavy atom. The van der Waals surface area contributed by atoms with E-state index in [9.17, 15) is 9.59 Å². The maximum Gasteiger partial charge on any atom is 0.252 e. The molecule has 2 aromatic heterocycles. The van der Waals surface area contributed by atoms with Crippen LogP contribution >= 0.6 is 11.6 Å². The minimum absolute atomic E-state index is 0.0943. The van der Waals surface area contributed by atoms with Crippen molar-refractivity contribution in [2.24, 2.45) is 0 Å². The molecule has 4 rings (SSSR count). The molecule has 1 N–H and O–H groups in total. The number of morpholine rings is 1. The minimum Gasteiger partial charge on any atom is -0.356 e. The molecule has 2 atom stereocenters. The Kier molecular flexibility index (Phi) is 5.05. The van der Waals surface area contributed by atoms with Crippen molar-refractivity contribution in [3.63, 3.8) is 0 Å². The summed E-state index contributed by atoms with van der Waals surface area (Å²) < 4.78 is 5.66. The number of rotatable bonds is 5. The van der Waals surface area contributed by atoms with Crippen LogP contribution < -0.4 is 5.32 Å². The SMILES string of the molecule is O=C(NCc1ncccc1Cl)[C@H]1OCC(=O)N(C2CC2)[C@@H]1c1cccnc1. The summed E-state index contributed by atoms with van der Waals surface area (Å²) in [5, 5.41) is 3.32. The lowest BCUT2D eigenvalue weighted by molar-refractivity contribution is -0.165. The smallest absolute Gasteiger partial charge is 0.252 e. The van der Waals surface area contributed by atoms with Gasteiger partial charge < -0.3 is 15.0 Å². The average molecular weight is 387 g/mol. The fraction of sp³-hybridized carbons (Fsp3) is 0.368. The molecule has 2 fully saturated rings. The molecule has 0 spiro atoms. The predicted molar refractivity (Wildman–Crippen MR) is 97.7 cm³/mol. The zero-order valence-corrected chi connectivity index (χ0v) is 15.3. The molecule has 0 bridgehead atoms. The first-order valence-corrected chi connectivity index (χ1v) is 9.22. The summed E-state index contributed by atoms with van der Waals surface area (Å²) in [5.41, 5.74) is 1.37. The summed E-state index contributed by atoms with van der Waals surface area (Å²) >= 11 is 6.10. The van der Waals surface area contributed by atoms with Gasteiger partial charge in [-0.25, -0.2) is 0 Å². The van der Waals surface area contributed by atoms with Gasteiger partial charge in [0.05, 0.1) is 23.3 Å². The molecule has 8 heteroatoms. The molecule has 0 radical (unpaired) electrons. The minimum atomic E-state index is -0.810. The summed E-state index contributed by atoms with van der Waals surface area (Å²) in [5.74, 6) is -0.396. The summed E-state index contributed by atoms with van der Waals surface area (Å²) in [7, 11) is 0.